The normalized spacial score (nSPS) is 25.3. The minimum Gasteiger partial charge on any atom is -0.508 e. The van der Waals surface area contributed by atoms with Crippen LogP contribution in [0.4, 0.5) is 0 Å². The van der Waals surface area contributed by atoms with Crippen molar-refractivity contribution in [1.29, 1.82) is 0 Å². The van der Waals surface area contributed by atoms with Crippen molar-refractivity contribution in [1.82, 2.24) is 10.4 Å². The number of carboxylic acid groups (broad SMARTS) is 2. The highest BCUT2D eigenvalue weighted by Gasteiger charge is 2.71. The Hall–Kier alpha value is -3.25. The van der Waals surface area contributed by atoms with Gasteiger partial charge < -0.3 is 20.2 Å². The Kier molecular flexibility index (Phi) is 5.89. The summed E-state index contributed by atoms with van der Waals surface area (Å²) < 4.78 is 0. The number of rotatable bonds is 9. The van der Waals surface area contributed by atoms with Crippen LogP contribution in [-0.2, 0) is 21.0 Å². The summed E-state index contributed by atoms with van der Waals surface area (Å²) in [5.74, 6) is -3.97. The van der Waals surface area contributed by atoms with E-state index in [0.717, 1.165) is 6.07 Å². The number of amides is 1. The van der Waals surface area contributed by atoms with E-state index in [-0.39, 0.29) is 50.3 Å². The van der Waals surface area contributed by atoms with Crippen LogP contribution in [0.2, 0.25) is 0 Å². The molecule has 2 aliphatic rings. The number of carbonyl (C=O) groups excluding carboxylic acids is 1. The first-order chi connectivity index (χ1) is 14.2. The van der Waals surface area contributed by atoms with Gasteiger partial charge in [0.15, 0.2) is 0 Å². The molecule has 3 atom stereocenters. The standard InChI is InChI=1S/C18H21N3O9/c22-12-3-1-10(13(7-12)15(23)24)9-30-19-5-6-20-17(27)18(20)8-11(21(28)29)2-4-14(18)16(25)26/h1,3,7,11,14,19,22H,2,4-6,8-9H2,(H,23,24)(H,25,26). The van der Waals surface area contributed by atoms with Crippen molar-refractivity contribution in [3.05, 3.63) is 39.4 Å². The van der Waals surface area contributed by atoms with E-state index in [1.54, 1.807) is 0 Å². The molecule has 0 radical (unpaired) electrons. The van der Waals surface area contributed by atoms with Gasteiger partial charge in [-0.05, 0) is 24.1 Å². The molecule has 30 heavy (non-hydrogen) atoms. The molecule has 0 aromatic heterocycles. The highest BCUT2D eigenvalue weighted by Crippen LogP contribution is 2.50. The topological polar surface area (TPSA) is 179 Å². The third-order valence-electron chi connectivity index (χ3n) is 5.65. The Morgan fingerprint density at radius 3 is 2.70 bits per heavy atom. The Morgan fingerprint density at radius 2 is 2.07 bits per heavy atom. The first kappa shape index (κ1) is 21.5. The zero-order chi connectivity index (χ0) is 22.1. The van der Waals surface area contributed by atoms with Crippen molar-refractivity contribution >= 4 is 17.8 Å². The zero-order valence-corrected chi connectivity index (χ0v) is 15.8. The van der Waals surface area contributed by atoms with Gasteiger partial charge in [0, 0.05) is 30.9 Å². The van der Waals surface area contributed by atoms with Gasteiger partial charge in [-0.1, -0.05) is 6.07 Å². The summed E-state index contributed by atoms with van der Waals surface area (Å²) in [5, 5.41) is 39.1. The number of aromatic hydroxyl groups is 1. The van der Waals surface area contributed by atoms with Crippen LogP contribution in [0.1, 0.15) is 35.2 Å². The van der Waals surface area contributed by atoms with Crippen LogP contribution in [-0.4, -0.2) is 67.7 Å². The Bertz CT molecular complexity index is 890. The summed E-state index contributed by atoms with van der Waals surface area (Å²) >= 11 is 0. The zero-order valence-electron chi connectivity index (χ0n) is 15.8. The van der Waals surface area contributed by atoms with Crippen LogP contribution in [0.3, 0.4) is 0 Å². The van der Waals surface area contributed by atoms with E-state index >= 15 is 0 Å². The minimum absolute atomic E-state index is 0.0615. The van der Waals surface area contributed by atoms with E-state index < -0.39 is 40.3 Å². The number of nitrogens with zero attached hydrogens (tertiary/aromatic N) is 2. The average Bonchev–Trinajstić information content (AvgIpc) is 3.23. The maximum absolute atomic E-state index is 12.4. The van der Waals surface area contributed by atoms with Gasteiger partial charge in [-0.3, -0.25) is 24.5 Å². The summed E-state index contributed by atoms with van der Waals surface area (Å²) in [6, 6.07) is 2.87. The quantitative estimate of drug-likeness (QED) is 0.186. The van der Waals surface area contributed by atoms with Crippen molar-refractivity contribution in [2.45, 2.75) is 37.5 Å². The number of benzene rings is 1. The van der Waals surface area contributed by atoms with E-state index in [1.807, 2.05) is 0 Å². The molecular weight excluding hydrogens is 402 g/mol. The second-order valence-electron chi connectivity index (χ2n) is 7.32. The molecule has 1 spiro atoms. The Balaban J connectivity index is 1.54. The lowest BCUT2D eigenvalue weighted by atomic mass is 9.76. The van der Waals surface area contributed by atoms with Gasteiger partial charge in [0.25, 0.3) is 5.91 Å². The van der Waals surface area contributed by atoms with E-state index in [2.05, 4.69) is 5.48 Å². The monoisotopic (exact) mass is 423 g/mol. The fourth-order valence-electron chi connectivity index (χ4n) is 4.12. The molecule has 1 aliphatic carbocycles. The molecule has 1 aliphatic heterocycles. The van der Waals surface area contributed by atoms with Crippen LogP contribution in [0.15, 0.2) is 18.2 Å². The van der Waals surface area contributed by atoms with E-state index in [0.29, 0.717) is 5.56 Å². The van der Waals surface area contributed by atoms with Gasteiger partial charge in [-0.25, -0.2) is 10.3 Å². The number of hydrogen-bond acceptors (Lipinski definition) is 8. The number of nitro groups is 1. The van der Waals surface area contributed by atoms with Crippen LogP contribution in [0.25, 0.3) is 0 Å². The van der Waals surface area contributed by atoms with Crippen LogP contribution in [0.5, 0.6) is 5.75 Å². The maximum Gasteiger partial charge on any atom is 0.336 e. The third kappa shape index (κ3) is 3.91. The van der Waals surface area contributed by atoms with E-state index in [9.17, 15) is 34.7 Å². The molecule has 1 saturated heterocycles. The Labute approximate surface area is 170 Å². The number of hydrogen-bond donors (Lipinski definition) is 4. The van der Waals surface area contributed by atoms with Crippen molar-refractivity contribution in [3.63, 3.8) is 0 Å². The third-order valence-corrected chi connectivity index (χ3v) is 5.65. The highest BCUT2D eigenvalue weighted by molar-refractivity contribution is 6.06. The predicted molar refractivity (Wildman–Crippen MR) is 98.1 cm³/mol. The highest BCUT2D eigenvalue weighted by atomic mass is 16.6. The average molecular weight is 423 g/mol. The number of phenols is 1. The fraction of sp³-hybridized carbons (Fsp3) is 0.500. The number of carboxylic acids is 2. The molecule has 3 rings (SSSR count). The minimum atomic E-state index is -1.35. The lowest BCUT2D eigenvalue weighted by molar-refractivity contribution is -0.528. The molecule has 4 N–H and O–H groups in total. The molecule has 1 saturated carbocycles. The number of nitrogens with one attached hydrogen (secondary N) is 1. The number of hydroxylamine groups is 1. The van der Waals surface area contributed by atoms with Crippen molar-refractivity contribution in [2.24, 2.45) is 5.92 Å². The summed E-state index contributed by atoms with van der Waals surface area (Å²) in [6.07, 6.45) is 0.0465. The molecule has 1 amide bonds. The van der Waals surface area contributed by atoms with Gasteiger partial charge in [-0.15, -0.1) is 0 Å². The molecular formula is C18H21N3O9. The molecule has 1 aromatic rings. The van der Waals surface area contributed by atoms with Gasteiger partial charge in [0.05, 0.1) is 18.1 Å². The summed E-state index contributed by atoms with van der Waals surface area (Å²) in [6.45, 7) is 0.0833. The summed E-state index contributed by atoms with van der Waals surface area (Å²) in [7, 11) is 0. The van der Waals surface area contributed by atoms with Gasteiger partial charge in [0.2, 0.25) is 6.04 Å². The second-order valence-corrected chi connectivity index (χ2v) is 7.32. The SMILES string of the molecule is O=C(O)c1cc(O)ccc1CONCCN1C(=O)C12CC([N+](=O)[O-])CCC2C(=O)O. The Morgan fingerprint density at radius 1 is 1.33 bits per heavy atom. The van der Waals surface area contributed by atoms with Crippen LogP contribution >= 0.6 is 0 Å². The van der Waals surface area contributed by atoms with Gasteiger partial charge in [0.1, 0.15) is 11.3 Å². The van der Waals surface area contributed by atoms with Crippen LogP contribution in [0, 0.1) is 16.0 Å². The molecule has 3 unspecified atom stereocenters. The number of carbonyl (C=O) groups is 3. The lowest BCUT2D eigenvalue weighted by Crippen LogP contribution is -2.45. The molecule has 1 aromatic carbocycles. The van der Waals surface area contributed by atoms with Gasteiger partial charge in [-0.2, -0.15) is 0 Å². The maximum atomic E-state index is 12.4. The van der Waals surface area contributed by atoms with Crippen molar-refractivity contribution < 1.29 is 39.5 Å². The largest absolute Gasteiger partial charge is 0.508 e. The lowest BCUT2D eigenvalue weighted by Gasteiger charge is -2.29. The molecule has 1 heterocycles. The molecule has 12 nitrogen and oxygen atoms in total. The number of aromatic carboxylic acids is 1. The second kappa shape index (κ2) is 8.24. The molecule has 0 bridgehead atoms. The van der Waals surface area contributed by atoms with E-state index in [1.165, 1.54) is 17.0 Å². The molecule has 162 valence electrons. The first-order valence-electron chi connectivity index (χ1n) is 9.26. The predicted octanol–water partition coefficient (Wildman–Crippen LogP) is 0.223. The summed E-state index contributed by atoms with van der Waals surface area (Å²) in [4.78, 5) is 52.4. The summed E-state index contributed by atoms with van der Waals surface area (Å²) in [5.41, 5.74) is 1.43. The van der Waals surface area contributed by atoms with E-state index in [4.69, 9.17) is 9.94 Å². The molecule has 12 heteroatoms. The van der Waals surface area contributed by atoms with Crippen LogP contribution < -0.4 is 5.48 Å². The van der Waals surface area contributed by atoms with Crippen molar-refractivity contribution in [2.75, 3.05) is 13.1 Å². The van der Waals surface area contributed by atoms with Gasteiger partial charge >= 0.3 is 11.9 Å². The smallest absolute Gasteiger partial charge is 0.336 e. The fourth-order valence-corrected chi connectivity index (χ4v) is 4.12. The number of aliphatic carboxylic acids is 1. The first-order valence-corrected chi connectivity index (χ1v) is 9.26. The number of phenolic OH excluding ortho intramolecular Hbond substituents is 1. The van der Waals surface area contributed by atoms with Crippen molar-refractivity contribution in [3.8, 4) is 5.75 Å². The molecule has 2 fully saturated rings.